The van der Waals surface area contributed by atoms with Crippen LogP contribution in [0.5, 0.6) is 0 Å². The Morgan fingerprint density at radius 1 is 1.32 bits per heavy atom. The van der Waals surface area contributed by atoms with Crippen LogP contribution in [0.25, 0.3) is 0 Å². The minimum absolute atomic E-state index is 0.0185. The molecule has 3 heterocycles. The van der Waals surface area contributed by atoms with Gasteiger partial charge in [-0.2, -0.15) is 0 Å². The maximum atomic E-state index is 13.1. The molecule has 28 heavy (non-hydrogen) atoms. The molecule has 0 radical (unpaired) electrons. The third-order valence-corrected chi connectivity index (χ3v) is 7.09. The Bertz CT molecular complexity index is 672. The average molecular weight is 391 g/mol. The molecule has 1 aliphatic carbocycles. The van der Waals surface area contributed by atoms with Crippen molar-refractivity contribution in [2.24, 2.45) is 18.4 Å². The molecule has 0 bridgehead atoms. The normalized spacial score (nSPS) is 32.1. The van der Waals surface area contributed by atoms with E-state index in [1.807, 2.05) is 26.4 Å². The van der Waals surface area contributed by atoms with Gasteiger partial charge in [0.25, 0.3) is 0 Å². The SMILES string of the molecule is CCOC(=O)[C@@]12CC[C@H](N3CCOCC3)C[C@H]1CCN(Cc1nccn1C)C2. The van der Waals surface area contributed by atoms with Crippen LogP contribution in [0.2, 0.25) is 0 Å². The monoisotopic (exact) mass is 390 g/mol. The van der Waals surface area contributed by atoms with Gasteiger partial charge in [-0.25, -0.2) is 4.98 Å². The highest BCUT2D eigenvalue weighted by molar-refractivity contribution is 5.78. The molecule has 2 saturated heterocycles. The topological polar surface area (TPSA) is 59.8 Å². The molecule has 0 unspecified atom stereocenters. The number of aromatic nitrogens is 2. The van der Waals surface area contributed by atoms with Crippen molar-refractivity contribution in [1.29, 1.82) is 0 Å². The van der Waals surface area contributed by atoms with Crippen LogP contribution in [0, 0.1) is 11.3 Å². The molecule has 7 nitrogen and oxygen atoms in total. The number of likely N-dealkylation sites (tertiary alicyclic amines) is 1. The molecule has 0 spiro atoms. The highest BCUT2D eigenvalue weighted by atomic mass is 16.5. The van der Waals surface area contributed by atoms with Crippen LogP contribution >= 0.6 is 0 Å². The summed E-state index contributed by atoms with van der Waals surface area (Å²) in [5, 5.41) is 0. The number of hydrogen-bond donors (Lipinski definition) is 0. The number of carbonyl (C=O) groups is 1. The Hall–Kier alpha value is -1.44. The number of piperidine rings is 1. The quantitative estimate of drug-likeness (QED) is 0.713. The largest absolute Gasteiger partial charge is 0.466 e. The summed E-state index contributed by atoms with van der Waals surface area (Å²) in [6.45, 7) is 8.70. The van der Waals surface area contributed by atoms with E-state index in [0.29, 0.717) is 18.6 Å². The standard InChI is InChI=1S/C21H34N4O3/c1-3-28-20(26)21-6-4-18(25-10-12-27-13-11-25)14-17(21)5-8-24(16-21)15-19-22-7-9-23(19)2/h7,9,17-18H,3-6,8,10-16H2,1-2H3/t17-,18+,21-/m1/s1. The summed E-state index contributed by atoms with van der Waals surface area (Å²) in [6.07, 6.45) is 7.99. The second-order valence-corrected chi connectivity index (χ2v) is 8.60. The number of aryl methyl sites for hydroxylation is 1. The Morgan fingerprint density at radius 2 is 2.14 bits per heavy atom. The molecule has 156 valence electrons. The molecule has 0 N–H and O–H groups in total. The summed E-state index contributed by atoms with van der Waals surface area (Å²) in [7, 11) is 2.03. The molecule has 0 amide bonds. The molecule has 1 saturated carbocycles. The van der Waals surface area contributed by atoms with E-state index in [2.05, 4.69) is 19.4 Å². The van der Waals surface area contributed by atoms with Crippen LogP contribution in [0.1, 0.15) is 38.4 Å². The van der Waals surface area contributed by atoms with Gasteiger partial charge in [-0.15, -0.1) is 0 Å². The van der Waals surface area contributed by atoms with Gasteiger partial charge in [0.1, 0.15) is 5.82 Å². The smallest absolute Gasteiger partial charge is 0.313 e. The van der Waals surface area contributed by atoms with Gasteiger partial charge in [0.15, 0.2) is 0 Å². The van der Waals surface area contributed by atoms with Crippen molar-refractivity contribution >= 4 is 5.97 Å². The lowest BCUT2D eigenvalue weighted by molar-refractivity contribution is -0.170. The first-order valence-corrected chi connectivity index (χ1v) is 10.8. The lowest BCUT2D eigenvalue weighted by Crippen LogP contribution is -2.58. The number of rotatable bonds is 5. The van der Waals surface area contributed by atoms with Crippen LogP contribution in [-0.2, 0) is 27.9 Å². The van der Waals surface area contributed by atoms with Crippen LogP contribution in [-0.4, -0.2) is 77.4 Å². The van der Waals surface area contributed by atoms with Gasteiger partial charge in [-0.05, 0) is 45.1 Å². The van der Waals surface area contributed by atoms with E-state index in [0.717, 1.165) is 77.4 Å². The van der Waals surface area contributed by atoms with E-state index in [-0.39, 0.29) is 11.4 Å². The maximum Gasteiger partial charge on any atom is 0.313 e. The average Bonchev–Trinajstić information content (AvgIpc) is 3.12. The maximum absolute atomic E-state index is 13.1. The van der Waals surface area contributed by atoms with E-state index in [1.54, 1.807) is 0 Å². The molecule has 3 aliphatic rings. The van der Waals surface area contributed by atoms with Gasteiger partial charge < -0.3 is 14.0 Å². The Morgan fingerprint density at radius 3 is 2.86 bits per heavy atom. The lowest BCUT2D eigenvalue weighted by atomic mass is 9.61. The molecule has 4 rings (SSSR count). The molecule has 1 aromatic heterocycles. The van der Waals surface area contributed by atoms with Gasteiger partial charge in [0.2, 0.25) is 0 Å². The number of carbonyl (C=O) groups excluding carboxylic acids is 1. The number of hydrogen-bond acceptors (Lipinski definition) is 6. The molecule has 1 aromatic rings. The Kier molecular flexibility index (Phi) is 6.04. The first-order chi connectivity index (χ1) is 13.6. The van der Waals surface area contributed by atoms with Crippen LogP contribution in [0.4, 0.5) is 0 Å². The Balaban J connectivity index is 1.49. The number of nitrogens with zero attached hydrogens (tertiary/aromatic N) is 4. The van der Waals surface area contributed by atoms with E-state index in [9.17, 15) is 4.79 Å². The van der Waals surface area contributed by atoms with Crippen molar-refractivity contribution in [3.63, 3.8) is 0 Å². The first-order valence-electron chi connectivity index (χ1n) is 10.8. The number of ether oxygens (including phenoxy) is 2. The van der Waals surface area contributed by atoms with Crippen LogP contribution in [0.3, 0.4) is 0 Å². The zero-order valence-corrected chi connectivity index (χ0v) is 17.3. The fraction of sp³-hybridized carbons (Fsp3) is 0.810. The number of imidazole rings is 1. The van der Waals surface area contributed by atoms with Crippen molar-refractivity contribution in [2.45, 2.75) is 45.2 Å². The third kappa shape index (κ3) is 3.84. The van der Waals surface area contributed by atoms with Gasteiger partial charge in [0.05, 0.1) is 31.8 Å². The van der Waals surface area contributed by atoms with E-state index < -0.39 is 0 Å². The number of fused-ring (bicyclic) bond motifs is 1. The van der Waals surface area contributed by atoms with Crippen molar-refractivity contribution in [3.05, 3.63) is 18.2 Å². The van der Waals surface area contributed by atoms with E-state index >= 15 is 0 Å². The summed E-state index contributed by atoms with van der Waals surface area (Å²) in [6, 6.07) is 0.581. The molecule has 2 aliphatic heterocycles. The molecular formula is C21H34N4O3. The van der Waals surface area contributed by atoms with Gasteiger partial charge in [-0.1, -0.05) is 0 Å². The highest BCUT2D eigenvalue weighted by Gasteiger charge is 2.53. The van der Waals surface area contributed by atoms with Crippen molar-refractivity contribution in [1.82, 2.24) is 19.4 Å². The van der Waals surface area contributed by atoms with Crippen LogP contribution < -0.4 is 0 Å². The molecule has 3 fully saturated rings. The summed E-state index contributed by atoms with van der Waals surface area (Å²) in [5.74, 6) is 1.48. The molecule has 0 aromatic carbocycles. The predicted octanol–water partition coefficient (Wildman–Crippen LogP) is 1.68. The van der Waals surface area contributed by atoms with Gasteiger partial charge >= 0.3 is 5.97 Å². The number of morpholine rings is 1. The van der Waals surface area contributed by atoms with Gasteiger partial charge in [0, 0.05) is 45.1 Å². The second kappa shape index (κ2) is 8.51. The van der Waals surface area contributed by atoms with Gasteiger partial charge in [-0.3, -0.25) is 14.6 Å². The summed E-state index contributed by atoms with van der Waals surface area (Å²) >= 11 is 0. The Labute approximate surface area is 168 Å². The van der Waals surface area contributed by atoms with E-state index in [4.69, 9.17) is 9.47 Å². The first kappa shape index (κ1) is 19.9. The second-order valence-electron chi connectivity index (χ2n) is 8.60. The summed E-state index contributed by atoms with van der Waals surface area (Å²) in [4.78, 5) is 22.6. The minimum atomic E-state index is -0.359. The fourth-order valence-electron chi connectivity index (χ4n) is 5.49. The van der Waals surface area contributed by atoms with Crippen molar-refractivity contribution < 1.29 is 14.3 Å². The fourth-order valence-corrected chi connectivity index (χ4v) is 5.49. The van der Waals surface area contributed by atoms with Crippen molar-refractivity contribution in [2.75, 3.05) is 46.0 Å². The summed E-state index contributed by atoms with van der Waals surface area (Å²) in [5.41, 5.74) is -0.359. The zero-order valence-electron chi connectivity index (χ0n) is 17.3. The van der Waals surface area contributed by atoms with Crippen molar-refractivity contribution in [3.8, 4) is 0 Å². The highest BCUT2D eigenvalue weighted by Crippen LogP contribution is 2.48. The zero-order chi connectivity index (χ0) is 19.6. The predicted molar refractivity (Wildman–Crippen MR) is 106 cm³/mol. The lowest BCUT2D eigenvalue weighted by Gasteiger charge is -2.52. The molecular weight excluding hydrogens is 356 g/mol. The summed E-state index contributed by atoms with van der Waals surface area (Å²) < 4.78 is 13.2. The minimum Gasteiger partial charge on any atom is -0.466 e. The number of esters is 1. The third-order valence-electron chi connectivity index (χ3n) is 7.09. The van der Waals surface area contributed by atoms with E-state index in [1.165, 1.54) is 0 Å². The molecule has 7 heteroatoms. The van der Waals surface area contributed by atoms with Crippen LogP contribution in [0.15, 0.2) is 12.4 Å². The molecule has 3 atom stereocenters.